The smallest absolute Gasteiger partial charge is 0.307 e. The van der Waals surface area contributed by atoms with Crippen LogP contribution in [-0.4, -0.2) is 43.1 Å². The van der Waals surface area contributed by atoms with E-state index in [0.29, 0.717) is 17.3 Å². The van der Waals surface area contributed by atoms with Crippen LogP contribution in [0, 0.1) is 0 Å². The molecule has 0 atom stereocenters. The number of nitrogens with zero attached hydrogens (tertiary/aromatic N) is 1. The number of hydrogen-bond acceptors (Lipinski definition) is 4. The molecule has 0 radical (unpaired) electrons. The Hall–Kier alpha value is -1.75. The lowest BCUT2D eigenvalue weighted by molar-refractivity contribution is -0.143. The Labute approximate surface area is 160 Å². The van der Waals surface area contributed by atoms with E-state index >= 15 is 0 Å². The van der Waals surface area contributed by atoms with Crippen LogP contribution in [-0.2, 0) is 14.3 Å². The van der Waals surface area contributed by atoms with Gasteiger partial charge in [-0.25, -0.2) is 0 Å². The molecule has 1 aromatic carbocycles. The Kier molecular flexibility index (Phi) is 8.75. The van der Waals surface area contributed by atoms with Crippen molar-refractivity contribution in [3.63, 3.8) is 0 Å². The van der Waals surface area contributed by atoms with E-state index in [-0.39, 0.29) is 30.9 Å². The number of amides is 1. The van der Waals surface area contributed by atoms with Crippen LogP contribution in [0.4, 0.5) is 0 Å². The summed E-state index contributed by atoms with van der Waals surface area (Å²) < 4.78 is 10.3. The van der Waals surface area contributed by atoms with Crippen molar-refractivity contribution in [1.29, 1.82) is 0 Å². The van der Waals surface area contributed by atoms with Crippen molar-refractivity contribution in [3.8, 4) is 5.75 Å². The highest BCUT2D eigenvalue weighted by Gasteiger charge is 2.25. The summed E-state index contributed by atoms with van der Waals surface area (Å²) in [4.78, 5) is 26.2. The molecule has 0 spiro atoms. The first-order chi connectivity index (χ1) is 12.6. The predicted octanol–water partition coefficient (Wildman–Crippen LogP) is 4.22. The maximum atomic E-state index is 12.8. The van der Waals surface area contributed by atoms with Gasteiger partial charge >= 0.3 is 5.97 Å². The number of hydrogen-bond donors (Lipinski definition) is 0. The van der Waals surface area contributed by atoms with Gasteiger partial charge in [0.25, 0.3) is 5.91 Å². The minimum Gasteiger partial charge on any atom is -0.484 e. The van der Waals surface area contributed by atoms with Crippen molar-refractivity contribution in [2.24, 2.45) is 0 Å². The summed E-state index contributed by atoms with van der Waals surface area (Å²) in [6.45, 7) is 0.333. The number of carbonyl (C=O) groups is 2. The molecule has 5 nitrogen and oxygen atoms in total. The fourth-order valence-corrected chi connectivity index (χ4v) is 3.46. The summed E-state index contributed by atoms with van der Waals surface area (Å²) in [7, 11) is 1.37. The summed E-state index contributed by atoms with van der Waals surface area (Å²) in [5, 5.41) is 0.623. The second kappa shape index (κ2) is 11.1. The van der Waals surface area contributed by atoms with Crippen LogP contribution in [0.2, 0.25) is 5.02 Å². The molecule has 6 heteroatoms. The van der Waals surface area contributed by atoms with Crippen LogP contribution >= 0.6 is 11.6 Å². The van der Waals surface area contributed by atoms with E-state index in [4.69, 9.17) is 21.1 Å². The first kappa shape index (κ1) is 20.6. The van der Waals surface area contributed by atoms with Crippen LogP contribution < -0.4 is 4.74 Å². The first-order valence-corrected chi connectivity index (χ1v) is 9.72. The lowest BCUT2D eigenvalue weighted by atomic mass is 9.95. The van der Waals surface area contributed by atoms with Crippen molar-refractivity contribution in [1.82, 2.24) is 4.90 Å². The molecule has 0 N–H and O–H groups in total. The Balaban J connectivity index is 1.98. The summed E-state index contributed by atoms with van der Waals surface area (Å²) in [6, 6.07) is 7.10. The molecular weight excluding hydrogens is 354 g/mol. The van der Waals surface area contributed by atoms with Crippen LogP contribution in [0.25, 0.3) is 0 Å². The Bertz CT molecular complexity index is 568. The Morgan fingerprint density at radius 2 is 1.69 bits per heavy atom. The van der Waals surface area contributed by atoms with Crippen molar-refractivity contribution in [3.05, 3.63) is 29.3 Å². The zero-order chi connectivity index (χ0) is 18.8. The molecule has 26 heavy (non-hydrogen) atoms. The quantitative estimate of drug-likeness (QED) is 0.663. The molecule has 0 heterocycles. The maximum absolute atomic E-state index is 12.8. The van der Waals surface area contributed by atoms with E-state index in [0.717, 1.165) is 25.7 Å². The minimum absolute atomic E-state index is 0.0424. The van der Waals surface area contributed by atoms with E-state index < -0.39 is 0 Å². The van der Waals surface area contributed by atoms with E-state index in [1.807, 2.05) is 4.90 Å². The molecule has 1 fully saturated rings. The fraction of sp³-hybridized carbons (Fsp3) is 0.600. The highest BCUT2D eigenvalue weighted by atomic mass is 35.5. The Morgan fingerprint density at radius 3 is 2.31 bits per heavy atom. The van der Waals surface area contributed by atoms with E-state index in [1.54, 1.807) is 24.3 Å². The third-order valence-corrected chi connectivity index (χ3v) is 5.05. The summed E-state index contributed by atoms with van der Waals surface area (Å²) in [6.07, 6.45) is 8.08. The fourth-order valence-electron chi connectivity index (χ4n) is 3.33. The number of methoxy groups -OCH3 is 1. The second-order valence-electron chi connectivity index (χ2n) is 6.65. The third-order valence-electron chi connectivity index (χ3n) is 4.80. The molecule has 2 rings (SSSR count). The zero-order valence-electron chi connectivity index (χ0n) is 15.4. The topological polar surface area (TPSA) is 55.8 Å². The molecule has 0 saturated heterocycles. The highest BCUT2D eigenvalue weighted by Crippen LogP contribution is 2.22. The van der Waals surface area contributed by atoms with Gasteiger partial charge in [-0.3, -0.25) is 9.59 Å². The van der Waals surface area contributed by atoms with Gasteiger partial charge in [0.2, 0.25) is 0 Å². The summed E-state index contributed by atoms with van der Waals surface area (Å²) >= 11 is 5.87. The van der Waals surface area contributed by atoms with Crippen LogP contribution in [0.3, 0.4) is 0 Å². The van der Waals surface area contributed by atoms with Crippen LogP contribution in [0.5, 0.6) is 5.75 Å². The number of rotatable bonds is 7. The number of ether oxygens (including phenoxy) is 2. The lowest BCUT2D eigenvalue weighted by Gasteiger charge is -2.33. The number of benzene rings is 1. The van der Waals surface area contributed by atoms with E-state index in [9.17, 15) is 9.59 Å². The predicted molar refractivity (Wildman–Crippen MR) is 101 cm³/mol. The van der Waals surface area contributed by atoms with Crippen molar-refractivity contribution >= 4 is 23.5 Å². The average molecular weight is 382 g/mol. The van der Waals surface area contributed by atoms with Gasteiger partial charge in [0, 0.05) is 17.6 Å². The molecule has 1 aliphatic carbocycles. The average Bonchev–Trinajstić information content (AvgIpc) is 2.62. The van der Waals surface area contributed by atoms with Gasteiger partial charge in [-0.1, -0.05) is 43.7 Å². The van der Waals surface area contributed by atoms with Gasteiger partial charge in [0.05, 0.1) is 13.5 Å². The number of carbonyl (C=O) groups excluding carboxylic acids is 2. The Morgan fingerprint density at radius 1 is 1.08 bits per heavy atom. The molecule has 0 aliphatic heterocycles. The van der Waals surface area contributed by atoms with Gasteiger partial charge in [0.1, 0.15) is 5.75 Å². The molecule has 1 saturated carbocycles. The minimum atomic E-state index is -0.299. The molecule has 0 aromatic heterocycles. The molecular formula is C20H28ClNO4. The highest BCUT2D eigenvalue weighted by molar-refractivity contribution is 6.30. The van der Waals surface area contributed by atoms with Crippen molar-refractivity contribution in [2.75, 3.05) is 20.3 Å². The third kappa shape index (κ3) is 6.87. The van der Waals surface area contributed by atoms with Gasteiger partial charge in [-0.05, 0) is 37.1 Å². The number of esters is 1. The van der Waals surface area contributed by atoms with Gasteiger partial charge in [-0.15, -0.1) is 0 Å². The standard InChI is InChI=1S/C20H28ClNO4/c1-25-20(24)13-14-22(17-7-5-3-2-4-6-8-17)19(23)15-26-18-11-9-16(21)10-12-18/h9-12,17H,2-8,13-15H2,1H3. The summed E-state index contributed by atoms with van der Waals surface area (Å²) in [5.41, 5.74) is 0. The maximum Gasteiger partial charge on any atom is 0.307 e. The van der Waals surface area contributed by atoms with Gasteiger partial charge in [0.15, 0.2) is 6.61 Å². The van der Waals surface area contributed by atoms with Gasteiger partial charge in [-0.2, -0.15) is 0 Å². The molecule has 144 valence electrons. The van der Waals surface area contributed by atoms with E-state index in [1.165, 1.54) is 26.4 Å². The van der Waals surface area contributed by atoms with Crippen LogP contribution in [0.15, 0.2) is 24.3 Å². The number of halogens is 1. The van der Waals surface area contributed by atoms with Crippen LogP contribution in [0.1, 0.15) is 51.4 Å². The molecule has 1 aliphatic rings. The second-order valence-corrected chi connectivity index (χ2v) is 7.09. The SMILES string of the molecule is COC(=O)CCN(C(=O)COc1ccc(Cl)cc1)C1CCCCCCC1. The largest absolute Gasteiger partial charge is 0.484 e. The zero-order valence-corrected chi connectivity index (χ0v) is 16.2. The monoisotopic (exact) mass is 381 g/mol. The van der Waals surface area contributed by atoms with E-state index in [2.05, 4.69) is 0 Å². The molecule has 1 aromatic rings. The first-order valence-electron chi connectivity index (χ1n) is 9.35. The lowest BCUT2D eigenvalue weighted by Crippen LogP contribution is -2.44. The molecule has 0 unspecified atom stereocenters. The molecule has 0 bridgehead atoms. The molecule has 1 amide bonds. The summed E-state index contributed by atoms with van der Waals surface area (Å²) in [5.74, 6) is 0.218. The normalized spacial score (nSPS) is 15.6. The van der Waals surface area contributed by atoms with Gasteiger partial charge < -0.3 is 14.4 Å². The van der Waals surface area contributed by atoms with Crippen molar-refractivity contribution in [2.45, 2.75) is 57.4 Å². The van der Waals surface area contributed by atoms with Crippen molar-refractivity contribution < 1.29 is 19.1 Å².